The maximum absolute atomic E-state index is 17.5. The van der Waals surface area contributed by atoms with Gasteiger partial charge in [0.05, 0.1) is 36.7 Å². The second-order valence-corrected chi connectivity index (χ2v) is 13.0. The molecule has 48 heavy (non-hydrogen) atoms. The Balaban J connectivity index is 1.56. The van der Waals surface area contributed by atoms with Crippen molar-refractivity contribution in [3.63, 3.8) is 0 Å². The van der Waals surface area contributed by atoms with Crippen molar-refractivity contribution in [1.82, 2.24) is 10.8 Å². The second-order valence-electron chi connectivity index (χ2n) is 13.0. The summed E-state index contributed by atoms with van der Waals surface area (Å²) in [5.41, 5.74) is -7.69. The molecule has 0 spiro atoms. The van der Waals surface area contributed by atoms with E-state index in [0.717, 1.165) is 12.2 Å². The lowest BCUT2D eigenvalue weighted by atomic mass is 9.44. The van der Waals surface area contributed by atoms with Gasteiger partial charge in [0.2, 0.25) is 5.78 Å². The number of aliphatic hydroxyl groups is 1. The summed E-state index contributed by atoms with van der Waals surface area (Å²) in [6.45, 7) is 1.50. The van der Waals surface area contributed by atoms with Crippen LogP contribution in [-0.4, -0.2) is 110 Å². The average molecular weight is 693 g/mol. The number of carbonyl (C=O) groups excluding carboxylic acids is 4. The Morgan fingerprint density at radius 2 is 1.62 bits per heavy atom. The van der Waals surface area contributed by atoms with Gasteiger partial charge in [-0.25, -0.2) is 13.6 Å². The van der Waals surface area contributed by atoms with Crippen LogP contribution in [0.4, 0.5) is 13.6 Å². The molecule has 0 aliphatic heterocycles. The van der Waals surface area contributed by atoms with Gasteiger partial charge in [-0.2, -0.15) is 0 Å². The topological polar surface area (TPSA) is 222 Å². The molecule has 16 nitrogen and oxygen atoms in total. The van der Waals surface area contributed by atoms with E-state index in [9.17, 15) is 24.3 Å². The zero-order chi connectivity index (χ0) is 35.5. The zero-order valence-corrected chi connectivity index (χ0v) is 26.6. The monoisotopic (exact) mass is 692 g/mol. The Morgan fingerprint density at radius 3 is 2.29 bits per heavy atom. The predicted molar refractivity (Wildman–Crippen MR) is 151 cm³/mol. The number of nitrogens with zero attached hydrogens (tertiary/aromatic N) is 2. The smallest absolute Gasteiger partial charge is 0.450 e. The molecule has 0 aromatic carbocycles. The maximum atomic E-state index is 17.5. The summed E-state index contributed by atoms with van der Waals surface area (Å²) in [6, 6.07) is 0. The number of alkyl halides is 2. The molecule has 8 atom stereocenters. The van der Waals surface area contributed by atoms with Crippen LogP contribution in [-0.2, 0) is 38.3 Å². The molecule has 3 fully saturated rings. The molecule has 2 unspecified atom stereocenters. The minimum atomic E-state index is -2.44. The number of ether oxygens (including phenoxy) is 3. The van der Waals surface area contributed by atoms with Gasteiger partial charge in [0.15, 0.2) is 23.7 Å². The van der Waals surface area contributed by atoms with Crippen molar-refractivity contribution >= 4 is 23.7 Å². The van der Waals surface area contributed by atoms with Crippen molar-refractivity contribution in [2.45, 2.75) is 88.8 Å². The molecule has 4 aliphatic rings. The Bertz CT molecular complexity index is 1300. The van der Waals surface area contributed by atoms with Crippen molar-refractivity contribution in [3.8, 4) is 0 Å². The molecule has 5 N–H and O–H groups in total. The van der Waals surface area contributed by atoms with E-state index in [1.54, 1.807) is 6.92 Å². The molecule has 0 aromatic rings. The number of carbonyl (C=O) groups is 4. The molecule has 4 aliphatic carbocycles. The quantitative estimate of drug-likeness (QED) is 0.0946. The van der Waals surface area contributed by atoms with Gasteiger partial charge in [0, 0.05) is 23.2 Å². The Kier molecular flexibility index (Phi) is 11.8. The molecular formula is C30H42F2N2O14. The SMILES string of the molecule is C[C@]12C=CC(=O)C=C1[C@@H](F)CC1C3CC[C@](OC(=O)CCCON(O)O)(C(=O)COC(=O)OCCCCON(O)O)[C@@]3(C)C[C@H](O)[C@@]12F. The first-order valence-electron chi connectivity index (χ1n) is 15.6. The van der Waals surface area contributed by atoms with Gasteiger partial charge in [0.25, 0.3) is 0 Å². The summed E-state index contributed by atoms with van der Waals surface area (Å²) in [7, 11) is 0. The molecule has 18 heteroatoms. The number of fused-ring (bicyclic) bond motifs is 5. The van der Waals surface area contributed by atoms with Gasteiger partial charge < -0.3 is 19.3 Å². The van der Waals surface area contributed by atoms with Gasteiger partial charge >= 0.3 is 12.1 Å². The average Bonchev–Trinajstić information content (AvgIpc) is 3.30. The molecule has 0 bridgehead atoms. The third kappa shape index (κ3) is 7.03. The lowest BCUT2D eigenvalue weighted by molar-refractivity contribution is -0.492. The standard InChI is InChI=1S/C30H42F2N2O14/c1-27-9-7-18(35)14-21(27)22(31)15-20-19-8-10-29(28(19,2)16-23(36)30(20,27)32,48-25(38)6-5-13-47-34(42)43)24(37)17-45-26(39)44-11-3-4-12-46-33(40)41/h7,9,14,19-20,22-23,36,40-43H,3-6,8,10-13,15-17H2,1-2H3/t19?,20?,22-,23-,27-,28-,29-,30-/m0/s1. The minimum absolute atomic E-state index is 0.0652. The highest BCUT2D eigenvalue weighted by Crippen LogP contribution is 2.70. The maximum Gasteiger partial charge on any atom is 0.508 e. The number of Topliss-reactive ketones (excluding diaryl/α,β-unsaturated/α-hetero) is 1. The van der Waals surface area contributed by atoms with Crippen LogP contribution in [0.5, 0.6) is 0 Å². The fourth-order valence-electron chi connectivity index (χ4n) is 8.27. The molecule has 0 amide bonds. The van der Waals surface area contributed by atoms with Crippen LogP contribution in [0, 0.1) is 22.7 Å². The largest absolute Gasteiger partial charge is 0.508 e. The van der Waals surface area contributed by atoms with Gasteiger partial charge in [-0.1, -0.05) is 13.0 Å². The number of aliphatic hydroxyl groups excluding tert-OH is 1. The van der Waals surface area contributed by atoms with E-state index in [1.807, 2.05) is 0 Å². The molecule has 4 rings (SSSR count). The van der Waals surface area contributed by atoms with Crippen LogP contribution >= 0.6 is 0 Å². The summed E-state index contributed by atoms with van der Waals surface area (Å²) >= 11 is 0. The van der Waals surface area contributed by atoms with Gasteiger partial charge in [-0.3, -0.25) is 44.9 Å². The number of ketones is 2. The first kappa shape index (κ1) is 37.9. The summed E-state index contributed by atoms with van der Waals surface area (Å²) in [5, 5.41) is 45.1. The van der Waals surface area contributed by atoms with Crippen LogP contribution in [0.25, 0.3) is 0 Å². The van der Waals surface area contributed by atoms with E-state index in [4.69, 9.17) is 35.0 Å². The summed E-state index contributed by atoms with van der Waals surface area (Å²) in [6.07, 6.45) is -2.04. The lowest BCUT2D eigenvalue weighted by Gasteiger charge is -2.63. The van der Waals surface area contributed by atoms with E-state index in [0.29, 0.717) is 0 Å². The van der Waals surface area contributed by atoms with E-state index >= 15 is 8.78 Å². The second kappa shape index (κ2) is 14.9. The first-order valence-corrected chi connectivity index (χ1v) is 15.6. The first-order chi connectivity index (χ1) is 22.5. The van der Waals surface area contributed by atoms with E-state index in [1.165, 1.54) is 13.0 Å². The normalized spacial score (nSPS) is 35.5. The molecule has 0 radical (unpaired) electrons. The van der Waals surface area contributed by atoms with Crippen molar-refractivity contribution in [3.05, 3.63) is 23.8 Å². The lowest BCUT2D eigenvalue weighted by Crippen LogP contribution is -2.70. The van der Waals surface area contributed by atoms with Crippen LogP contribution < -0.4 is 0 Å². The van der Waals surface area contributed by atoms with Gasteiger partial charge in [-0.05, 0) is 75.5 Å². The molecular weight excluding hydrogens is 650 g/mol. The molecule has 3 saturated carbocycles. The highest BCUT2D eigenvalue weighted by Gasteiger charge is 2.76. The number of hydrogen-bond acceptors (Lipinski definition) is 16. The predicted octanol–water partition coefficient (Wildman–Crippen LogP) is 2.89. The Labute approximate surface area is 274 Å². The number of allylic oxidation sites excluding steroid dienone is 4. The van der Waals surface area contributed by atoms with Crippen LogP contribution in [0.3, 0.4) is 0 Å². The van der Waals surface area contributed by atoms with Crippen molar-refractivity contribution in [2.24, 2.45) is 22.7 Å². The number of unbranched alkanes of at least 4 members (excludes halogenated alkanes) is 1. The third-order valence-electron chi connectivity index (χ3n) is 10.5. The summed E-state index contributed by atoms with van der Waals surface area (Å²) in [4.78, 5) is 60.4. The van der Waals surface area contributed by atoms with Crippen LogP contribution in [0.15, 0.2) is 23.8 Å². The molecule has 0 saturated heterocycles. The molecule has 0 heterocycles. The van der Waals surface area contributed by atoms with Crippen molar-refractivity contribution in [1.29, 1.82) is 0 Å². The molecule has 0 aromatic heterocycles. The van der Waals surface area contributed by atoms with Crippen molar-refractivity contribution < 1.29 is 77.8 Å². The number of halogens is 2. The Morgan fingerprint density at radius 1 is 0.979 bits per heavy atom. The number of rotatable bonds is 15. The summed E-state index contributed by atoms with van der Waals surface area (Å²) < 4.78 is 49.2. The minimum Gasteiger partial charge on any atom is -0.450 e. The molecule has 270 valence electrons. The highest BCUT2D eigenvalue weighted by molar-refractivity contribution is 6.01. The summed E-state index contributed by atoms with van der Waals surface area (Å²) in [5.74, 6) is -4.24. The van der Waals surface area contributed by atoms with E-state index in [2.05, 4.69) is 9.68 Å². The van der Waals surface area contributed by atoms with Gasteiger partial charge in [-0.15, -0.1) is 0 Å². The zero-order valence-electron chi connectivity index (χ0n) is 26.6. The van der Waals surface area contributed by atoms with Gasteiger partial charge in [0.1, 0.15) is 6.17 Å². The fraction of sp³-hybridized carbons (Fsp3) is 0.733. The van der Waals surface area contributed by atoms with Crippen molar-refractivity contribution in [2.75, 3.05) is 26.4 Å². The van der Waals surface area contributed by atoms with Crippen LogP contribution in [0.2, 0.25) is 0 Å². The Hall–Kier alpha value is -2.94. The van der Waals surface area contributed by atoms with E-state index in [-0.39, 0.29) is 63.9 Å². The van der Waals surface area contributed by atoms with Crippen LogP contribution in [0.1, 0.15) is 65.2 Å². The fourth-order valence-corrected chi connectivity index (χ4v) is 8.27. The van der Waals surface area contributed by atoms with E-state index < -0.39 is 100 Å². The number of esters is 1. The highest BCUT2D eigenvalue weighted by atomic mass is 19.1. The third-order valence-corrected chi connectivity index (χ3v) is 10.5. The number of hydrogen-bond donors (Lipinski definition) is 5.